The van der Waals surface area contributed by atoms with Gasteiger partial charge in [0.15, 0.2) is 0 Å². The van der Waals surface area contributed by atoms with Crippen molar-refractivity contribution in [2.45, 2.75) is 25.7 Å². The van der Waals surface area contributed by atoms with E-state index in [1.54, 1.807) is 6.07 Å². The van der Waals surface area contributed by atoms with Crippen molar-refractivity contribution in [3.05, 3.63) is 17.0 Å². The number of hydrogen-bond donors (Lipinski definition) is 2. The summed E-state index contributed by atoms with van der Waals surface area (Å²) in [6, 6.07) is 3.80. The Balaban J connectivity index is 1.77. The van der Waals surface area contributed by atoms with E-state index in [0.717, 1.165) is 19.5 Å². The maximum absolute atomic E-state index is 11.8. The Labute approximate surface area is 111 Å². The first-order valence-electron chi connectivity index (χ1n) is 6.27. The van der Waals surface area contributed by atoms with E-state index < -0.39 is 0 Å². The summed E-state index contributed by atoms with van der Waals surface area (Å²) in [6.45, 7) is 2.12. The molecule has 2 heterocycles. The topological polar surface area (TPSA) is 64.9 Å². The molecule has 1 aliphatic rings. The molecule has 1 aromatic heterocycles. The van der Waals surface area contributed by atoms with Crippen LogP contribution in [0.3, 0.4) is 0 Å². The van der Waals surface area contributed by atoms with Crippen molar-refractivity contribution >= 4 is 22.2 Å². The number of nitrogens with zero attached hydrogens (tertiary/aromatic N) is 1. The van der Waals surface area contributed by atoms with Gasteiger partial charge in [0.25, 0.3) is 0 Å². The zero-order chi connectivity index (χ0) is 12.8. The van der Waals surface area contributed by atoms with Crippen LogP contribution in [0, 0.1) is 17.2 Å². The summed E-state index contributed by atoms with van der Waals surface area (Å²) >= 11 is 1.40. The van der Waals surface area contributed by atoms with E-state index in [4.69, 9.17) is 5.26 Å². The SMILES string of the molecule is N#Cc1ccsc1NC(=O)CCC1CCCNC1. The molecule has 0 saturated carbocycles. The third-order valence-electron chi connectivity index (χ3n) is 3.22. The molecule has 0 spiro atoms. The molecule has 1 aliphatic heterocycles. The van der Waals surface area contributed by atoms with E-state index in [1.165, 1.54) is 24.2 Å². The summed E-state index contributed by atoms with van der Waals surface area (Å²) in [6.07, 6.45) is 3.87. The molecule has 5 heteroatoms. The molecule has 0 aromatic carbocycles. The van der Waals surface area contributed by atoms with Crippen molar-refractivity contribution in [2.75, 3.05) is 18.4 Å². The molecule has 1 saturated heterocycles. The fraction of sp³-hybridized carbons (Fsp3) is 0.538. The van der Waals surface area contributed by atoms with Crippen LogP contribution in [0.1, 0.15) is 31.2 Å². The molecule has 2 N–H and O–H groups in total. The number of thiophene rings is 1. The molecule has 1 unspecified atom stereocenters. The second-order valence-corrected chi connectivity index (χ2v) is 5.49. The van der Waals surface area contributed by atoms with Crippen LogP contribution in [0.2, 0.25) is 0 Å². The maximum atomic E-state index is 11.8. The highest BCUT2D eigenvalue weighted by Gasteiger charge is 2.15. The summed E-state index contributed by atoms with van der Waals surface area (Å²) in [4.78, 5) is 11.8. The summed E-state index contributed by atoms with van der Waals surface area (Å²) in [5.41, 5.74) is 0.549. The number of nitrogens with one attached hydrogen (secondary N) is 2. The molecule has 0 aliphatic carbocycles. The fourth-order valence-corrected chi connectivity index (χ4v) is 2.94. The van der Waals surface area contributed by atoms with Crippen molar-refractivity contribution in [3.8, 4) is 6.07 Å². The van der Waals surface area contributed by atoms with Gasteiger partial charge in [0.2, 0.25) is 5.91 Å². The molecular weight excluding hydrogens is 246 g/mol. The number of rotatable bonds is 4. The van der Waals surface area contributed by atoms with E-state index in [2.05, 4.69) is 16.7 Å². The lowest BCUT2D eigenvalue weighted by molar-refractivity contribution is -0.116. The van der Waals surface area contributed by atoms with Gasteiger partial charge >= 0.3 is 0 Å². The van der Waals surface area contributed by atoms with Crippen molar-refractivity contribution in [3.63, 3.8) is 0 Å². The minimum Gasteiger partial charge on any atom is -0.317 e. The molecule has 1 fully saturated rings. The Kier molecular flexibility index (Phi) is 4.73. The van der Waals surface area contributed by atoms with Crippen LogP contribution >= 0.6 is 11.3 Å². The van der Waals surface area contributed by atoms with Crippen LogP contribution in [0.25, 0.3) is 0 Å². The number of carbonyl (C=O) groups excluding carboxylic acids is 1. The lowest BCUT2D eigenvalue weighted by Crippen LogP contribution is -2.30. The number of carbonyl (C=O) groups is 1. The summed E-state index contributed by atoms with van der Waals surface area (Å²) in [7, 11) is 0. The predicted octanol–water partition coefficient (Wildman–Crippen LogP) is 2.34. The Bertz CT molecular complexity index is 443. The van der Waals surface area contributed by atoms with Gasteiger partial charge in [-0.3, -0.25) is 4.79 Å². The van der Waals surface area contributed by atoms with Gasteiger partial charge in [-0.2, -0.15) is 5.26 Å². The predicted molar refractivity (Wildman–Crippen MR) is 72.5 cm³/mol. The zero-order valence-corrected chi connectivity index (χ0v) is 11.1. The first-order valence-corrected chi connectivity index (χ1v) is 7.15. The number of anilines is 1. The van der Waals surface area contributed by atoms with Crippen molar-refractivity contribution < 1.29 is 4.79 Å². The average Bonchev–Trinajstić information content (AvgIpc) is 2.85. The number of nitriles is 1. The van der Waals surface area contributed by atoms with E-state index in [1.807, 2.05) is 5.38 Å². The van der Waals surface area contributed by atoms with E-state index >= 15 is 0 Å². The fourth-order valence-electron chi connectivity index (χ4n) is 2.19. The third-order valence-corrected chi connectivity index (χ3v) is 4.05. The van der Waals surface area contributed by atoms with Gasteiger partial charge in [0, 0.05) is 6.42 Å². The molecule has 1 atom stereocenters. The van der Waals surface area contributed by atoms with Crippen LogP contribution in [0.4, 0.5) is 5.00 Å². The van der Waals surface area contributed by atoms with Gasteiger partial charge < -0.3 is 10.6 Å². The maximum Gasteiger partial charge on any atom is 0.225 e. The van der Waals surface area contributed by atoms with E-state index in [9.17, 15) is 4.79 Å². The average molecular weight is 263 g/mol. The molecule has 0 bridgehead atoms. The van der Waals surface area contributed by atoms with Crippen molar-refractivity contribution in [2.24, 2.45) is 5.92 Å². The zero-order valence-electron chi connectivity index (χ0n) is 10.2. The van der Waals surface area contributed by atoms with Gasteiger partial charge in [-0.25, -0.2) is 0 Å². The minimum absolute atomic E-state index is 0.0134. The van der Waals surface area contributed by atoms with Crippen LogP contribution in [0.5, 0.6) is 0 Å². The van der Waals surface area contributed by atoms with Crippen LogP contribution in [0.15, 0.2) is 11.4 Å². The quantitative estimate of drug-likeness (QED) is 0.876. The Morgan fingerprint density at radius 2 is 2.56 bits per heavy atom. The first-order chi connectivity index (χ1) is 8.79. The van der Waals surface area contributed by atoms with Gasteiger partial charge in [-0.1, -0.05) is 0 Å². The Hall–Kier alpha value is -1.38. The molecule has 18 heavy (non-hydrogen) atoms. The second-order valence-electron chi connectivity index (χ2n) is 4.57. The van der Waals surface area contributed by atoms with Crippen LogP contribution in [-0.2, 0) is 4.79 Å². The summed E-state index contributed by atoms with van der Waals surface area (Å²) in [5, 5.41) is 17.5. The van der Waals surface area contributed by atoms with E-state index in [-0.39, 0.29) is 5.91 Å². The highest BCUT2D eigenvalue weighted by Crippen LogP contribution is 2.23. The van der Waals surface area contributed by atoms with Gasteiger partial charge in [-0.05, 0) is 49.7 Å². The Morgan fingerprint density at radius 3 is 3.28 bits per heavy atom. The molecule has 4 nitrogen and oxygen atoms in total. The first kappa shape index (κ1) is 13.1. The molecule has 96 valence electrons. The summed E-state index contributed by atoms with van der Waals surface area (Å²) in [5.74, 6) is 0.628. The van der Waals surface area contributed by atoms with E-state index in [0.29, 0.717) is 22.9 Å². The normalized spacial score (nSPS) is 19.2. The van der Waals surface area contributed by atoms with Gasteiger partial charge in [-0.15, -0.1) is 11.3 Å². The lowest BCUT2D eigenvalue weighted by Gasteiger charge is -2.22. The molecule has 1 amide bonds. The molecule has 2 rings (SSSR count). The monoisotopic (exact) mass is 263 g/mol. The van der Waals surface area contributed by atoms with Crippen molar-refractivity contribution in [1.82, 2.24) is 5.32 Å². The highest BCUT2D eigenvalue weighted by atomic mass is 32.1. The lowest BCUT2D eigenvalue weighted by atomic mass is 9.94. The number of piperidine rings is 1. The third kappa shape index (κ3) is 3.56. The Morgan fingerprint density at radius 1 is 1.67 bits per heavy atom. The molecule has 1 aromatic rings. The van der Waals surface area contributed by atoms with Gasteiger partial charge in [0.1, 0.15) is 11.1 Å². The summed E-state index contributed by atoms with van der Waals surface area (Å²) < 4.78 is 0. The second kappa shape index (κ2) is 6.53. The van der Waals surface area contributed by atoms with Crippen LogP contribution in [-0.4, -0.2) is 19.0 Å². The van der Waals surface area contributed by atoms with Gasteiger partial charge in [0.05, 0.1) is 5.56 Å². The standard InChI is InChI=1S/C13H17N3OS/c14-8-11-5-7-18-13(11)16-12(17)4-3-10-2-1-6-15-9-10/h5,7,10,15H,1-4,6,9H2,(H,16,17). The number of amides is 1. The molecule has 0 radical (unpaired) electrons. The van der Waals surface area contributed by atoms with Crippen LogP contribution < -0.4 is 10.6 Å². The largest absolute Gasteiger partial charge is 0.317 e. The minimum atomic E-state index is 0.0134. The molecular formula is C13H17N3OS. The highest BCUT2D eigenvalue weighted by molar-refractivity contribution is 7.14. The number of hydrogen-bond acceptors (Lipinski definition) is 4. The smallest absolute Gasteiger partial charge is 0.225 e. The van der Waals surface area contributed by atoms with Crippen molar-refractivity contribution in [1.29, 1.82) is 5.26 Å².